The van der Waals surface area contributed by atoms with Gasteiger partial charge in [-0.1, -0.05) is 38.5 Å². The fraction of sp³-hybridized carbons (Fsp3) is 0.400. The van der Waals surface area contributed by atoms with Crippen LogP contribution in [0, 0.1) is 0 Å². The second kappa shape index (κ2) is 7.12. The van der Waals surface area contributed by atoms with Gasteiger partial charge in [0.05, 0.1) is 7.11 Å². The van der Waals surface area contributed by atoms with E-state index in [1.807, 2.05) is 24.3 Å². The average Bonchev–Trinajstić information content (AvgIpc) is 2.07. The summed E-state index contributed by atoms with van der Waals surface area (Å²) in [6, 6.07) is 7.85. The van der Waals surface area contributed by atoms with Crippen LogP contribution in [0.4, 0.5) is 0 Å². The Morgan fingerprint density at radius 1 is 1.25 bits per heavy atom. The van der Waals surface area contributed by atoms with Crippen LogP contribution in [0.25, 0.3) is 0 Å². The van der Waals surface area contributed by atoms with Gasteiger partial charge in [0, 0.05) is 5.30 Å². The fourth-order valence-corrected chi connectivity index (χ4v) is 0.992. The summed E-state index contributed by atoms with van der Waals surface area (Å²) in [5.41, 5.74) is 0. The molecular weight excluding hydrogens is 167 g/mol. The Morgan fingerprint density at radius 3 is 2.08 bits per heavy atom. The minimum Gasteiger partial charge on any atom is -0.496 e. The SMILES string of the molecule is CCC.COc1ccccc1P. The first-order valence-corrected chi connectivity index (χ1v) is 4.72. The van der Waals surface area contributed by atoms with E-state index in [1.54, 1.807) is 7.11 Å². The number of methoxy groups -OCH3 is 1. The Kier molecular flexibility index (Phi) is 6.79. The summed E-state index contributed by atoms with van der Waals surface area (Å²) < 4.78 is 5.02. The Balaban J connectivity index is 0.000000354. The fourth-order valence-electron chi connectivity index (χ4n) is 0.666. The van der Waals surface area contributed by atoms with Crippen molar-refractivity contribution in [1.29, 1.82) is 0 Å². The molecule has 0 bridgehead atoms. The van der Waals surface area contributed by atoms with Gasteiger partial charge in [0.25, 0.3) is 0 Å². The number of rotatable bonds is 1. The van der Waals surface area contributed by atoms with Gasteiger partial charge in [-0.25, -0.2) is 0 Å². The zero-order valence-corrected chi connectivity index (χ0v) is 9.16. The van der Waals surface area contributed by atoms with Crippen molar-refractivity contribution in [3.05, 3.63) is 24.3 Å². The zero-order chi connectivity index (χ0) is 9.40. The molecule has 0 radical (unpaired) electrons. The van der Waals surface area contributed by atoms with E-state index in [1.165, 1.54) is 6.42 Å². The van der Waals surface area contributed by atoms with E-state index >= 15 is 0 Å². The molecule has 0 aliphatic carbocycles. The molecule has 0 aliphatic heterocycles. The van der Waals surface area contributed by atoms with E-state index in [-0.39, 0.29) is 0 Å². The molecule has 0 aromatic heterocycles. The third kappa shape index (κ3) is 4.35. The average molecular weight is 184 g/mol. The van der Waals surface area contributed by atoms with Crippen molar-refractivity contribution in [3.63, 3.8) is 0 Å². The molecule has 1 nitrogen and oxygen atoms in total. The molecule has 2 heteroatoms. The van der Waals surface area contributed by atoms with Gasteiger partial charge in [-0.3, -0.25) is 0 Å². The summed E-state index contributed by atoms with van der Waals surface area (Å²) in [6.45, 7) is 4.25. The molecule has 0 amide bonds. The highest BCUT2D eigenvalue weighted by Crippen LogP contribution is 2.07. The van der Waals surface area contributed by atoms with Crippen molar-refractivity contribution < 1.29 is 4.74 Å². The largest absolute Gasteiger partial charge is 0.496 e. The summed E-state index contributed by atoms with van der Waals surface area (Å²) in [6.07, 6.45) is 1.25. The van der Waals surface area contributed by atoms with Gasteiger partial charge in [-0.15, -0.1) is 9.24 Å². The lowest BCUT2D eigenvalue weighted by molar-refractivity contribution is 0.418. The molecule has 1 atom stereocenters. The third-order valence-corrected chi connectivity index (χ3v) is 1.62. The molecule has 0 N–H and O–H groups in total. The summed E-state index contributed by atoms with van der Waals surface area (Å²) >= 11 is 0. The maximum atomic E-state index is 5.02. The predicted octanol–water partition coefficient (Wildman–Crippen LogP) is 2.61. The van der Waals surface area contributed by atoms with E-state index in [4.69, 9.17) is 4.74 Å². The summed E-state index contributed by atoms with van der Waals surface area (Å²) in [5, 5.41) is 1.10. The van der Waals surface area contributed by atoms with Crippen LogP contribution in [0.1, 0.15) is 20.3 Å². The van der Waals surface area contributed by atoms with Gasteiger partial charge in [-0.05, 0) is 6.07 Å². The second-order valence-electron chi connectivity index (χ2n) is 2.45. The highest BCUT2D eigenvalue weighted by atomic mass is 31.0. The Bertz CT molecular complexity index is 211. The smallest absolute Gasteiger partial charge is 0.125 e. The molecule has 1 aromatic carbocycles. The molecule has 0 aliphatic rings. The van der Waals surface area contributed by atoms with Crippen LogP contribution in [0.3, 0.4) is 0 Å². The van der Waals surface area contributed by atoms with E-state index in [2.05, 4.69) is 23.1 Å². The van der Waals surface area contributed by atoms with Crippen molar-refractivity contribution in [1.82, 2.24) is 0 Å². The van der Waals surface area contributed by atoms with E-state index in [0.29, 0.717) is 0 Å². The molecule has 0 spiro atoms. The number of ether oxygens (including phenoxy) is 1. The molecule has 0 heterocycles. The Hall–Kier alpha value is -0.550. The molecule has 1 unspecified atom stereocenters. The van der Waals surface area contributed by atoms with Crippen LogP contribution in [0.15, 0.2) is 24.3 Å². The second-order valence-corrected chi connectivity index (χ2v) is 3.07. The molecule has 12 heavy (non-hydrogen) atoms. The lowest BCUT2D eigenvalue weighted by Crippen LogP contribution is -1.95. The minimum atomic E-state index is 0.919. The molecule has 1 aromatic rings. The van der Waals surface area contributed by atoms with Gasteiger partial charge < -0.3 is 4.74 Å². The molecule has 68 valence electrons. The predicted molar refractivity (Wildman–Crippen MR) is 58.3 cm³/mol. The maximum absolute atomic E-state index is 5.02. The van der Waals surface area contributed by atoms with E-state index in [9.17, 15) is 0 Å². The molecule has 1 rings (SSSR count). The minimum absolute atomic E-state index is 0.919. The molecule has 0 saturated carbocycles. The monoisotopic (exact) mass is 184 g/mol. The number of para-hydroxylation sites is 1. The summed E-state index contributed by atoms with van der Waals surface area (Å²) in [7, 11) is 4.28. The van der Waals surface area contributed by atoms with Gasteiger partial charge in [0.15, 0.2) is 0 Å². The number of benzene rings is 1. The molecule has 0 saturated heterocycles. The van der Waals surface area contributed by atoms with Crippen molar-refractivity contribution in [2.45, 2.75) is 20.3 Å². The lowest BCUT2D eigenvalue weighted by Gasteiger charge is -2.00. The van der Waals surface area contributed by atoms with E-state index in [0.717, 1.165) is 11.1 Å². The lowest BCUT2D eigenvalue weighted by atomic mass is 10.3. The number of hydrogen-bond donors (Lipinski definition) is 0. The standard InChI is InChI=1S/C7H9OP.C3H8/c1-8-6-4-2-3-5-7(6)9;1-3-2/h2-5H,9H2,1H3;3H2,1-2H3. The van der Waals surface area contributed by atoms with Crippen LogP contribution in [-0.2, 0) is 0 Å². The topological polar surface area (TPSA) is 9.23 Å². The first-order chi connectivity index (χ1) is 5.76. The van der Waals surface area contributed by atoms with Crippen molar-refractivity contribution in [2.75, 3.05) is 7.11 Å². The van der Waals surface area contributed by atoms with Crippen molar-refractivity contribution in [3.8, 4) is 5.75 Å². The van der Waals surface area contributed by atoms with Crippen molar-refractivity contribution >= 4 is 14.5 Å². The Morgan fingerprint density at radius 2 is 1.75 bits per heavy atom. The molecular formula is C10H17OP. The van der Waals surface area contributed by atoms with Gasteiger partial charge >= 0.3 is 0 Å². The quantitative estimate of drug-likeness (QED) is 0.609. The van der Waals surface area contributed by atoms with Gasteiger partial charge in [0.2, 0.25) is 0 Å². The third-order valence-electron chi connectivity index (χ3n) is 1.14. The first-order valence-electron chi connectivity index (χ1n) is 4.14. The number of hydrogen-bond acceptors (Lipinski definition) is 1. The molecule has 0 fully saturated rings. The highest BCUT2D eigenvalue weighted by molar-refractivity contribution is 7.27. The van der Waals surface area contributed by atoms with Crippen LogP contribution in [0.5, 0.6) is 5.75 Å². The van der Waals surface area contributed by atoms with Gasteiger partial charge in [-0.2, -0.15) is 0 Å². The summed E-state index contributed by atoms with van der Waals surface area (Å²) in [4.78, 5) is 0. The maximum Gasteiger partial charge on any atom is 0.125 e. The zero-order valence-electron chi connectivity index (χ0n) is 8.00. The van der Waals surface area contributed by atoms with Crippen molar-refractivity contribution in [2.24, 2.45) is 0 Å². The van der Waals surface area contributed by atoms with Crippen LogP contribution in [-0.4, -0.2) is 7.11 Å². The normalized spacial score (nSPS) is 8.33. The highest BCUT2D eigenvalue weighted by Gasteiger charge is 1.91. The van der Waals surface area contributed by atoms with E-state index < -0.39 is 0 Å². The van der Waals surface area contributed by atoms with Crippen LogP contribution >= 0.6 is 9.24 Å². The van der Waals surface area contributed by atoms with Crippen LogP contribution in [0.2, 0.25) is 0 Å². The van der Waals surface area contributed by atoms with Gasteiger partial charge in [0.1, 0.15) is 5.75 Å². The van der Waals surface area contributed by atoms with Crippen LogP contribution < -0.4 is 10.0 Å². The first kappa shape index (κ1) is 11.4. The Labute approximate surface area is 77.3 Å². The summed E-state index contributed by atoms with van der Waals surface area (Å²) in [5.74, 6) is 0.919.